The number of hydrogen-bond donors (Lipinski definition) is 2. The van der Waals surface area contributed by atoms with E-state index in [0.717, 1.165) is 12.8 Å². The van der Waals surface area contributed by atoms with Gasteiger partial charge in [-0.3, -0.25) is 9.59 Å². The van der Waals surface area contributed by atoms with Gasteiger partial charge in [-0.25, -0.2) is 0 Å². The van der Waals surface area contributed by atoms with Gasteiger partial charge in [0.2, 0.25) is 11.8 Å². The molecule has 0 spiro atoms. The topological polar surface area (TPSA) is 75.4 Å². The molecule has 0 aromatic rings. The summed E-state index contributed by atoms with van der Waals surface area (Å²) in [4.78, 5) is 24.5. The number of amides is 2. The molecule has 0 saturated carbocycles. The van der Waals surface area contributed by atoms with Gasteiger partial charge in [0, 0.05) is 12.6 Å². The normalized spacial score (nSPS) is 22.1. The third kappa shape index (κ3) is 3.20. The van der Waals surface area contributed by atoms with Crippen LogP contribution in [0.1, 0.15) is 33.1 Å². The molecule has 3 N–H and O–H groups in total. The summed E-state index contributed by atoms with van der Waals surface area (Å²) in [6.45, 7) is 5.03. The van der Waals surface area contributed by atoms with E-state index in [1.807, 2.05) is 6.92 Å². The highest BCUT2D eigenvalue weighted by Gasteiger charge is 2.32. The fourth-order valence-corrected chi connectivity index (χ4v) is 1.87. The van der Waals surface area contributed by atoms with Gasteiger partial charge >= 0.3 is 0 Å². The summed E-state index contributed by atoms with van der Waals surface area (Å²) < 4.78 is 0. The molecule has 0 radical (unpaired) electrons. The van der Waals surface area contributed by atoms with E-state index in [4.69, 9.17) is 5.73 Å². The van der Waals surface area contributed by atoms with Crippen LogP contribution >= 0.6 is 0 Å². The molecule has 1 saturated heterocycles. The van der Waals surface area contributed by atoms with Crippen LogP contribution in [0, 0.1) is 0 Å². The summed E-state index contributed by atoms with van der Waals surface area (Å²) in [7, 11) is 0. The SMILES string of the molecule is CCC(C)NCC(=O)N1CCCC1C(N)=O. The van der Waals surface area contributed by atoms with Gasteiger partial charge in [-0.05, 0) is 26.2 Å². The zero-order valence-corrected chi connectivity index (χ0v) is 10.0. The Balaban J connectivity index is 2.44. The van der Waals surface area contributed by atoms with Crippen molar-refractivity contribution in [2.24, 2.45) is 5.73 Å². The molecule has 16 heavy (non-hydrogen) atoms. The lowest BCUT2D eigenvalue weighted by atomic mass is 10.2. The molecular weight excluding hydrogens is 206 g/mol. The Kier molecular flexibility index (Phi) is 4.73. The Morgan fingerprint density at radius 1 is 1.56 bits per heavy atom. The largest absolute Gasteiger partial charge is 0.368 e. The fraction of sp³-hybridized carbons (Fsp3) is 0.818. The average molecular weight is 227 g/mol. The first-order valence-electron chi connectivity index (χ1n) is 5.88. The highest BCUT2D eigenvalue weighted by Crippen LogP contribution is 2.16. The summed E-state index contributed by atoms with van der Waals surface area (Å²) in [5, 5.41) is 3.13. The predicted octanol–water partition coefficient (Wildman–Crippen LogP) is -0.149. The van der Waals surface area contributed by atoms with Crippen molar-refractivity contribution in [2.75, 3.05) is 13.1 Å². The minimum absolute atomic E-state index is 0.0263. The molecule has 5 heteroatoms. The second-order valence-corrected chi connectivity index (χ2v) is 4.34. The summed E-state index contributed by atoms with van der Waals surface area (Å²) >= 11 is 0. The first kappa shape index (κ1) is 13.0. The molecule has 0 aliphatic carbocycles. The van der Waals surface area contributed by atoms with Gasteiger partial charge in [-0.1, -0.05) is 6.92 Å². The Morgan fingerprint density at radius 2 is 2.25 bits per heavy atom. The number of nitrogens with zero attached hydrogens (tertiary/aromatic N) is 1. The molecule has 0 aromatic heterocycles. The number of primary amides is 1. The number of rotatable bonds is 5. The van der Waals surface area contributed by atoms with Crippen LogP contribution in [0.15, 0.2) is 0 Å². The van der Waals surface area contributed by atoms with Crippen LogP contribution in [-0.4, -0.2) is 41.9 Å². The zero-order chi connectivity index (χ0) is 12.1. The van der Waals surface area contributed by atoms with E-state index >= 15 is 0 Å². The van der Waals surface area contributed by atoms with Gasteiger partial charge in [-0.2, -0.15) is 0 Å². The predicted molar refractivity (Wildman–Crippen MR) is 61.7 cm³/mol. The molecule has 1 fully saturated rings. The van der Waals surface area contributed by atoms with Gasteiger partial charge in [-0.15, -0.1) is 0 Å². The molecule has 5 nitrogen and oxygen atoms in total. The summed E-state index contributed by atoms with van der Waals surface area (Å²) in [6.07, 6.45) is 2.54. The highest BCUT2D eigenvalue weighted by molar-refractivity contribution is 5.88. The minimum atomic E-state index is -0.397. The molecule has 2 unspecified atom stereocenters. The maximum absolute atomic E-state index is 11.8. The van der Waals surface area contributed by atoms with Gasteiger partial charge < -0.3 is 16.0 Å². The molecule has 2 amide bonds. The van der Waals surface area contributed by atoms with Crippen molar-refractivity contribution in [2.45, 2.75) is 45.2 Å². The standard InChI is InChI=1S/C11H21N3O2/c1-3-8(2)13-7-10(15)14-6-4-5-9(14)11(12)16/h8-9,13H,3-7H2,1-2H3,(H2,12,16). The molecule has 1 heterocycles. The van der Waals surface area contributed by atoms with E-state index in [9.17, 15) is 9.59 Å². The number of hydrogen-bond acceptors (Lipinski definition) is 3. The van der Waals surface area contributed by atoms with E-state index in [1.54, 1.807) is 4.90 Å². The Hall–Kier alpha value is -1.10. The van der Waals surface area contributed by atoms with Gasteiger partial charge in [0.1, 0.15) is 6.04 Å². The van der Waals surface area contributed by atoms with Crippen molar-refractivity contribution < 1.29 is 9.59 Å². The third-order valence-corrected chi connectivity index (χ3v) is 3.12. The highest BCUT2D eigenvalue weighted by atomic mass is 16.2. The Morgan fingerprint density at radius 3 is 2.81 bits per heavy atom. The van der Waals surface area contributed by atoms with Crippen molar-refractivity contribution in [3.63, 3.8) is 0 Å². The van der Waals surface area contributed by atoms with E-state index in [2.05, 4.69) is 12.2 Å². The molecule has 0 aromatic carbocycles. The van der Waals surface area contributed by atoms with Crippen LogP contribution < -0.4 is 11.1 Å². The van der Waals surface area contributed by atoms with Gasteiger partial charge in [0.15, 0.2) is 0 Å². The molecular formula is C11H21N3O2. The van der Waals surface area contributed by atoms with Crippen molar-refractivity contribution in [3.8, 4) is 0 Å². The van der Waals surface area contributed by atoms with Crippen LogP contribution in [0.4, 0.5) is 0 Å². The third-order valence-electron chi connectivity index (χ3n) is 3.12. The molecule has 1 aliphatic heterocycles. The average Bonchev–Trinajstić information content (AvgIpc) is 2.74. The summed E-state index contributed by atoms with van der Waals surface area (Å²) in [5.41, 5.74) is 5.25. The van der Waals surface area contributed by atoms with Gasteiger partial charge in [0.25, 0.3) is 0 Å². The van der Waals surface area contributed by atoms with E-state index in [1.165, 1.54) is 0 Å². The van der Waals surface area contributed by atoms with Crippen LogP contribution in [0.2, 0.25) is 0 Å². The lowest BCUT2D eigenvalue weighted by molar-refractivity contribution is -0.136. The first-order chi connectivity index (χ1) is 7.56. The van der Waals surface area contributed by atoms with Crippen molar-refractivity contribution in [1.82, 2.24) is 10.2 Å². The monoisotopic (exact) mass is 227 g/mol. The second kappa shape index (κ2) is 5.84. The lowest BCUT2D eigenvalue weighted by Crippen LogP contribution is -2.47. The minimum Gasteiger partial charge on any atom is -0.368 e. The van der Waals surface area contributed by atoms with Crippen molar-refractivity contribution in [3.05, 3.63) is 0 Å². The number of likely N-dealkylation sites (tertiary alicyclic amines) is 1. The molecule has 92 valence electrons. The molecule has 1 aliphatic rings. The number of carbonyl (C=O) groups is 2. The van der Waals surface area contributed by atoms with E-state index in [-0.39, 0.29) is 5.91 Å². The second-order valence-electron chi connectivity index (χ2n) is 4.34. The first-order valence-corrected chi connectivity index (χ1v) is 5.88. The maximum Gasteiger partial charge on any atom is 0.240 e. The molecule has 2 atom stereocenters. The van der Waals surface area contributed by atoms with Crippen molar-refractivity contribution >= 4 is 11.8 Å². The van der Waals surface area contributed by atoms with Crippen molar-refractivity contribution in [1.29, 1.82) is 0 Å². The molecule has 0 bridgehead atoms. The van der Waals surface area contributed by atoms with Crippen LogP contribution in [-0.2, 0) is 9.59 Å². The van der Waals surface area contributed by atoms with E-state index < -0.39 is 11.9 Å². The molecule has 1 rings (SSSR count). The smallest absolute Gasteiger partial charge is 0.240 e. The van der Waals surface area contributed by atoms with Crippen LogP contribution in [0.5, 0.6) is 0 Å². The lowest BCUT2D eigenvalue weighted by Gasteiger charge is -2.23. The number of nitrogens with one attached hydrogen (secondary N) is 1. The van der Waals surface area contributed by atoms with Crippen LogP contribution in [0.25, 0.3) is 0 Å². The number of nitrogens with two attached hydrogens (primary N) is 1. The fourth-order valence-electron chi connectivity index (χ4n) is 1.87. The van der Waals surface area contributed by atoms with Crippen LogP contribution in [0.3, 0.4) is 0 Å². The quantitative estimate of drug-likeness (QED) is 0.686. The Labute approximate surface area is 96.4 Å². The van der Waals surface area contributed by atoms with E-state index in [0.29, 0.717) is 25.6 Å². The number of carbonyl (C=O) groups excluding carboxylic acids is 2. The maximum atomic E-state index is 11.8. The summed E-state index contributed by atoms with van der Waals surface area (Å²) in [6, 6.07) is -0.0789. The Bertz CT molecular complexity index is 268. The summed E-state index contributed by atoms with van der Waals surface area (Å²) in [5.74, 6) is -0.420. The van der Waals surface area contributed by atoms with Gasteiger partial charge in [0.05, 0.1) is 6.54 Å². The zero-order valence-electron chi connectivity index (χ0n) is 10.0.